The van der Waals surface area contributed by atoms with E-state index in [4.69, 9.17) is 5.73 Å². The molecule has 1 aromatic rings. The molecule has 1 saturated carbocycles. The molecule has 23 heavy (non-hydrogen) atoms. The largest absolute Gasteiger partial charge is 0.368 e. The lowest BCUT2D eigenvalue weighted by atomic mass is 10.1. The standard InChI is InChI=1S/C16H29N7/c1-12(14-18-15(17)20-16(19-14)21(2)3)22-8-10-23(11-9-22)13-6-4-5-7-13/h12-13H,4-11H2,1-3H3,(H2,17,18,19,20). The highest BCUT2D eigenvalue weighted by molar-refractivity contribution is 5.33. The minimum Gasteiger partial charge on any atom is -0.368 e. The zero-order valence-electron chi connectivity index (χ0n) is 14.6. The van der Waals surface area contributed by atoms with Gasteiger partial charge in [-0.2, -0.15) is 15.0 Å². The molecule has 2 heterocycles. The van der Waals surface area contributed by atoms with Crippen LogP contribution in [0.25, 0.3) is 0 Å². The predicted molar refractivity (Wildman–Crippen MR) is 92.4 cm³/mol. The van der Waals surface area contributed by atoms with Gasteiger partial charge in [-0.1, -0.05) is 12.8 Å². The van der Waals surface area contributed by atoms with Gasteiger partial charge in [-0.15, -0.1) is 0 Å². The number of piperazine rings is 1. The van der Waals surface area contributed by atoms with Gasteiger partial charge in [0.15, 0.2) is 5.82 Å². The van der Waals surface area contributed by atoms with Crippen molar-refractivity contribution in [1.82, 2.24) is 24.8 Å². The fraction of sp³-hybridized carbons (Fsp3) is 0.812. The molecule has 1 atom stereocenters. The van der Waals surface area contributed by atoms with E-state index in [1.54, 1.807) is 0 Å². The molecule has 0 aromatic carbocycles. The molecule has 1 aromatic heterocycles. The minimum absolute atomic E-state index is 0.171. The lowest BCUT2D eigenvalue weighted by molar-refractivity contribution is 0.0727. The lowest BCUT2D eigenvalue weighted by Crippen LogP contribution is -2.50. The molecule has 1 unspecified atom stereocenters. The summed E-state index contributed by atoms with van der Waals surface area (Å²) in [7, 11) is 3.84. The summed E-state index contributed by atoms with van der Waals surface area (Å²) < 4.78 is 0. The van der Waals surface area contributed by atoms with Crippen LogP contribution in [-0.2, 0) is 0 Å². The average molecular weight is 319 g/mol. The summed E-state index contributed by atoms with van der Waals surface area (Å²) in [6.45, 7) is 6.60. The summed E-state index contributed by atoms with van der Waals surface area (Å²) in [5.74, 6) is 1.70. The van der Waals surface area contributed by atoms with E-state index in [1.807, 2.05) is 19.0 Å². The van der Waals surface area contributed by atoms with Gasteiger partial charge in [0, 0.05) is 46.3 Å². The van der Waals surface area contributed by atoms with E-state index in [1.165, 1.54) is 25.7 Å². The lowest BCUT2D eigenvalue weighted by Gasteiger charge is -2.40. The van der Waals surface area contributed by atoms with E-state index < -0.39 is 0 Å². The number of nitrogen functional groups attached to an aromatic ring is 1. The van der Waals surface area contributed by atoms with E-state index in [-0.39, 0.29) is 6.04 Å². The molecule has 0 bridgehead atoms. The summed E-state index contributed by atoms with van der Waals surface area (Å²) in [4.78, 5) is 20.1. The zero-order valence-corrected chi connectivity index (χ0v) is 14.6. The Kier molecular flexibility index (Phi) is 4.96. The molecule has 128 valence electrons. The fourth-order valence-electron chi connectivity index (χ4n) is 3.71. The molecule has 2 aliphatic rings. The molecule has 0 spiro atoms. The third kappa shape index (κ3) is 3.72. The third-order valence-corrected chi connectivity index (χ3v) is 5.17. The molecular formula is C16H29N7. The molecule has 0 radical (unpaired) electrons. The second-order valence-corrected chi connectivity index (χ2v) is 6.93. The van der Waals surface area contributed by atoms with Crippen molar-refractivity contribution in [2.75, 3.05) is 50.9 Å². The Morgan fingerprint density at radius 1 is 1.04 bits per heavy atom. The van der Waals surface area contributed by atoms with Gasteiger partial charge in [-0.25, -0.2) is 0 Å². The summed E-state index contributed by atoms with van der Waals surface area (Å²) in [6, 6.07) is 0.991. The van der Waals surface area contributed by atoms with E-state index in [2.05, 4.69) is 31.7 Å². The number of aromatic nitrogens is 3. The van der Waals surface area contributed by atoms with Gasteiger partial charge < -0.3 is 10.6 Å². The number of hydrogen-bond donors (Lipinski definition) is 1. The SMILES string of the molecule is CC(c1nc(N)nc(N(C)C)n1)N1CCN(C2CCCC2)CC1. The van der Waals surface area contributed by atoms with E-state index in [0.29, 0.717) is 11.9 Å². The van der Waals surface area contributed by atoms with Crippen molar-refractivity contribution in [2.24, 2.45) is 0 Å². The highest BCUT2D eigenvalue weighted by Gasteiger charge is 2.29. The maximum Gasteiger partial charge on any atom is 0.229 e. The molecule has 1 aliphatic carbocycles. The van der Waals surface area contributed by atoms with Crippen LogP contribution in [0.2, 0.25) is 0 Å². The Morgan fingerprint density at radius 2 is 1.70 bits per heavy atom. The number of nitrogens with zero attached hydrogens (tertiary/aromatic N) is 6. The van der Waals surface area contributed by atoms with Crippen LogP contribution in [0.15, 0.2) is 0 Å². The first-order chi connectivity index (χ1) is 11.0. The quantitative estimate of drug-likeness (QED) is 0.892. The van der Waals surface area contributed by atoms with Gasteiger partial charge in [-0.05, 0) is 19.8 Å². The molecule has 2 N–H and O–H groups in total. The summed E-state index contributed by atoms with van der Waals surface area (Å²) >= 11 is 0. The van der Waals surface area contributed by atoms with E-state index in [9.17, 15) is 0 Å². The molecule has 7 heteroatoms. The summed E-state index contributed by atoms with van der Waals surface area (Å²) in [5, 5.41) is 0. The predicted octanol–water partition coefficient (Wildman–Crippen LogP) is 1.14. The first-order valence-electron chi connectivity index (χ1n) is 8.71. The Morgan fingerprint density at radius 3 is 2.30 bits per heavy atom. The molecule has 1 aliphatic heterocycles. The van der Waals surface area contributed by atoms with Crippen molar-refractivity contribution in [1.29, 1.82) is 0 Å². The van der Waals surface area contributed by atoms with Gasteiger partial charge in [0.25, 0.3) is 0 Å². The molecular weight excluding hydrogens is 290 g/mol. The Bertz CT molecular complexity index is 519. The van der Waals surface area contributed by atoms with Crippen LogP contribution in [0.4, 0.5) is 11.9 Å². The van der Waals surface area contributed by atoms with Gasteiger partial charge in [0.05, 0.1) is 6.04 Å². The fourth-order valence-corrected chi connectivity index (χ4v) is 3.71. The minimum atomic E-state index is 0.171. The third-order valence-electron chi connectivity index (χ3n) is 5.17. The Labute approximate surface area is 138 Å². The second kappa shape index (κ2) is 6.97. The van der Waals surface area contributed by atoms with Crippen molar-refractivity contribution in [3.63, 3.8) is 0 Å². The van der Waals surface area contributed by atoms with Crippen LogP contribution >= 0.6 is 0 Å². The summed E-state index contributed by atoms with van der Waals surface area (Å²) in [6.07, 6.45) is 5.56. The number of rotatable bonds is 4. The average Bonchev–Trinajstić information content (AvgIpc) is 3.08. The number of nitrogens with two attached hydrogens (primary N) is 1. The van der Waals surface area contributed by atoms with Gasteiger partial charge in [0.2, 0.25) is 11.9 Å². The van der Waals surface area contributed by atoms with E-state index in [0.717, 1.165) is 38.0 Å². The monoisotopic (exact) mass is 319 g/mol. The zero-order chi connectivity index (χ0) is 16.4. The van der Waals surface area contributed by atoms with Crippen molar-refractivity contribution >= 4 is 11.9 Å². The van der Waals surface area contributed by atoms with Crippen LogP contribution < -0.4 is 10.6 Å². The van der Waals surface area contributed by atoms with Gasteiger partial charge >= 0.3 is 0 Å². The molecule has 2 fully saturated rings. The highest BCUT2D eigenvalue weighted by atomic mass is 15.3. The van der Waals surface area contributed by atoms with Crippen molar-refractivity contribution in [3.05, 3.63) is 5.82 Å². The Balaban J connectivity index is 1.63. The number of hydrogen-bond acceptors (Lipinski definition) is 7. The molecule has 0 amide bonds. The summed E-state index contributed by atoms with van der Waals surface area (Å²) in [5.41, 5.74) is 5.85. The molecule has 3 rings (SSSR count). The van der Waals surface area contributed by atoms with Crippen molar-refractivity contribution < 1.29 is 0 Å². The van der Waals surface area contributed by atoms with Crippen molar-refractivity contribution in [2.45, 2.75) is 44.7 Å². The van der Waals surface area contributed by atoms with Crippen LogP contribution in [-0.4, -0.2) is 71.1 Å². The molecule has 7 nitrogen and oxygen atoms in total. The number of anilines is 2. The van der Waals surface area contributed by atoms with Crippen LogP contribution in [0.3, 0.4) is 0 Å². The first kappa shape index (κ1) is 16.4. The second-order valence-electron chi connectivity index (χ2n) is 6.93. The van der Waals surface area contributed by atoms with E-state index >= 15 is 0 Å². The first-order valence-corrected chi connectivity index (χ1v) is 8.71. The van der Waals surface area contributed by atoms with Crippen LogP contribution in [0.1, 0.15) is 44.5 Å². The van der Waals surface area contributed by atoms with Gasteiger partial charge in [-0.3, -0.25) is 9.80 Å². The Hall–Kier alpha value is -1.47. The van der Waals surface area contributed by atoms with Gasteiger partial charge in [0.1, 0.15) is 0 Å². The molecule has 1 saturated heterocycles. The topological polar surface area (TPSA) is 74.4 Å². The van der Waals surface area contributed by atoms with Crippen molar-refractivity contribution in [3.8, 4) is 0 Å². The maximum atomic E-state index is 5.85. The smallest absolute Gasteiger partial charge is 0.229 e. The normalized spacial score (nSPS) is 22.4. The highest BCUT2D eigenvalue weighted by Crippen LogP contribution is 2.26. The maximum absolute atomic E-state index is 5.85. The van der Waals surface area contributed by atoms with Crippen LogP contribution in [0.5, 0.6) is 0 Å². The van der Waals surface area contributed by atoms with Crippen LogP contribution in [0, 0.1) is 0 Å².